The van der Waals surface area contributed by atoms with Crippen molar-refractivity contribution in [2.24, 2.45) is 15.9 Å². The quantitative estimate of drug-likeness (QED) is 0.318. The molecule has 8 heteroatoms. The molecule has 2 aromatic rings. The number of aliphatic hydroxyl groups excluding tert-OH is 1. The fourth-order valence-corrected chi connectivity index (χ4v) is 5.58. The van der Waals surface area contributed by atoms with Gasteiger partial charge in [-0.3, -0.25) is 9.59 Å². The van der Waals surface area contributed by atoms with E-state index in [1.807, 2.05) is 76.8 Å². The number of phenols is 1. The number of nitrogens with zero attached hydrogens (tertiary/aromatic N) is 2. The summed E-state index contributed by atoms with van der Waals surface area (Å²) in [5.41, 5.74) is 1.90. The molecule has 0 unspecified atom stereocenters. The van der Waals surface area contributed by atoms with Crippen molar-refractivity contribution < 1.29 is 24.5 Å². The molecular formula is C30H39BrN2O5. The molecule has 0 saturated carbocycles. The highest BCUT2D eigenvalue weighted by Gasteiger charge is 2.44. The number of aromatic hydroxyl groups is 1. The van der Waals surface area contributed by atoms with E-state index in [-0.39, 0.29) is 47.2 Å². The second-order valence-electron chi connectivity index (χ2n) is 12.1. The highest BCUT2D eigenvalue weighted by Crippen LogP contribution is 2.41. The lowest BCUT2D eigenvalue weighted by atomic mass is 9.78. The Bertz CT molecular complexity index is 1160. The standard InChI is InChI=1S/C30H39BrN2O5/c1-29(2,3)21-13-19(14-22(27(21)37)30(4,5)6)23(34)17-33-16-20(15-24(35)38-7)25(28(33)32-31)26(36)18-11-9-8-10-12-18/h8-14,20,25-26,36-37H,15-17H2,1-7H3/t20-,25+,26+/m1/s1. The molecule has 2 aromatic carbocycles. The predicted octanol–water partition coefficient (Wildman–Crippen LogP) is 5.72. The van der Waals surface area contributed by atoms with Gasteiger partial charge in [0, 0.05) is 23.2 Å². The summed E-state index contributed by atoms with van der Waals surface area (Å²) in [6.07, 6.45) is -0.834. The van der Waals surface area contributed by atoms with Crippen LogP contribution < -0.4 is 0 Å². The molecule has 0 aliphatic carbocycles. The average Bonchev–Trinajstić information content (AvgIpc) is 3.18. The normalized spacial score (nSPS) is 20.0. The van der Waals surface area contributed by atoms with E-state index < -0.39 is 12.0 Å². The monoisotopic (exact) mass is 586 g/mol. The Balaban J connectivity index is 1.99. The Kier molecular flexibility index (Phi) is 9.09. The summed E-state index contributed by atoms with van der Waals surface area (Å²) in [5.74, 6) is -0.619. The largest absolute Gasteiger partial charge is 0.507 e. The van der Waals surface area contributed by atoms with Gasteiger partial charge in [0.25, 0.3) is 0 Å². The number of benzene rings is 2. The van der Waals surface area contributed by atoms with Crippen molar-refractivity contribution in [2.75, 3.05) is 20.2 Å². The third-order valence-electron chi connectivity index (χ3n) is 7.19. The van der Waals surface area contributed by atoms with E-state index in [0.29, 0.717) is 34.6 Å². The Morgan fingerprint density at radius 1 is 1.08 bits per heavy atom. The fourth-order valence-electron chi connectivity index (χ4n) is 5.12. The summed E-state index contributed by atoms with van der Waals surface area (Å²) in [7, 11) is 1.34. The van der Waals surface area contributed by atoms with Gasteiger partial charge in [0.2, 0.25) is 0 Å². The summed E-state index contributed by atoms with van der Waals surface area (Å²) in [5, 5.41) is 22.4. The fraction of sp³-hybridized carbons (Fsp3) is 0.500. The van der Waals surface area contributed by atoms with Gasteiger partial charge in [-0.15, -0.1) is 0 Å². The Hall–Kier alpha value is -2.71. The van der Waals surface area contributed by atoms with Gasteiger partial charge in [-0.2, -0.15) is 4.02 Å². The number of carbonyl (C=O) groups is 2. The third-order valence-corrected chi connectivity index (χ3v) is 7.56. The van der Waals surface area contributed by atoms with Crippen molar-refractivity contribution in [1.82, 2.24) is 4.90 Å². The number of amidine groups is 1. The number of ether oxygens (including phenoxy) is 1. The van der Waals surface area contributed by atoms with Crippen molar-refractivity contribution in [3.8, 4) is 5.75 Å². The molecule has 3 rings (SSSR count). The first-order chi connectivity index (χ1) is 17.7. The lowest BCUT2D eigenvalue weighted by Crippen LogP contribution is -2.34. The van der Waals surface area contributed by atoms with Crippen LogP contribution in [0.15, 0.2) is 46.5 Å². The molecule has 3 atom stereocenters. The molecule has 0 aromatic heterocycles. The van der Waals surface area contributed by atoms with Crippen molar-refractivity contribution in [3.05, 3.63) is 64.7 Å². The van der Waals surface area contributed by atoms with Gasteiger partial charge < -0.3 is 19.8 Å². The van der Waals surface area contributed by atoms with Gasteiger partial charge >= 0.3 is 5.97 Å². The first-order valence-corrected chi connectivity index (χ1v) is 13.5. The number of hydrogen-bond acceptors (Lipinski definition) is 6. The van der Waals surface area contributed by atoms with Crippen LogP contribution in [-0.4, -0.2) is 52.9 Å². The number of phenolic OH excluding ortho intramolecular Hbond substituents is 1. The number of ketones is 1. The number of carbonyl (C=O) groups excluding carboxylic acids is 2. The van der Waals surface area contributed by atoms with Gasteiger partial charge in [-0.05, 0) is 34.4 Å². The van der Waals surface area contributed by atoms with Crippen LogP contribution in [-0.2, 0) is 20.4 Å². The molecule has 1 heterocycles. The third kappa shape index (κ3) is 6.46. The molecule has 7 nitrogen and oxygen atoms in total. The summed E-state index contributed by atoms with van der Waals surface area (Å²) >= 11 is 3.21. The number of halogens is 1. The van der Waals surface area contributed by atoms with Crippen LogP contribution in [0, 0.1) is 11.8 Å². The smallest absolute Gasteiger partial charge is 0.305 e. The van der Waals surface area contributed by atoms with Crippen molar-refractivity contribution >= 4 is 33.7 Å². The van der Waals surface area contributed by atoms with Crippen molar-refractivity contribution in [2.45, 2.75) is 64.9 Å². The van der Waals surface area contributed by atoms with Crippen LogP contribution in [0.4, 0.5) is 0 Å². The van der Waals surface area contributed by atoms with E-state index in [4.69, 9.17) is 4.74 Å². The first kappa shape index (κ1) is 29.8. The van der Waals surface area contributed by atoms with Crippen LogP contribution in [0.2, 0.25) is 0 Å². The molecule has 0 bridgehead atoms. The maximum atomic E-state index is 13.7. The minimum atomic E-state index is -0.920. The predicted molar refractivity (Wildman–Crippen MR) is 153 cm³/mol. The van der Waals surface area contributed by atoms with E-state index in [2.05, 4.69) is 20.2 Å². The molecule has 0 radical (unpaired) electrons. The van der Waals surface area contributed by atoms with Crippen molar-refractivity contribution in [1.29, 1.82) is 0 Å². The highest BCUT2D eigenvalue weighted by atomic mass is 79.9. The lowest BCUT2D eigenvalue weighted by Gasteiger charge is -2.28. The Labute approximate surface area is 234 Å². The highest BCUT2D eigenvalue weighted by molar-refractivity contribution is 9.08. The summed E-state index contributed by atoms with van der Waals surface area (Å²) in [6, 6.07) is 12.8. The van der Waals surface area contributed by atoms with Gasteiger partial charge in [0.1, 0.15) is 11.6 Å². The summed E-state index contributed by atoms with van der Waals surface area (Å²) in [4.78, 5) is 27.8. The minimum Gasteiger partial charge on any atom is -0.507 e. The zero-order chi connectivity index (χ0) is 28.4. The molecule has 1 aliphatic rings. The van der Waals surface area contributed by atoms with E-state index in [1.165, 1.54) is 7.11 Å². The number of likely N-dealkylation sites (tertiary alicyclic amines) is 1. The van der Waals surface area contributed by atoms with Gasteiger partial charge in [0.15, 0.2) is 5.78 Å². The maximum absolute atomic E-state index is 13.7. The number of hydrogen-bond donors (Lipinski definition) is 2. The van der Waals surface area contributed by atoms with Crippen LogP contribution in [0.5, 0.6) is 5.75 Å². The number of methoxy groups -OCH3 is 1. The molecule has 1 aliphatic heterocycles. The number of Topliss-reactive ketones (excluding diaryl/α,β-unsaturated/α-hetero) is 1. The molecule has 0 spiro atoms. The molecule has 2 N–H and O–H groups in total. The minimum absolute atomic E-state index is 0.0120. The molecule has 1 saturated heterocycles. The van der Waals surface area contributed by atoms with Crippen molar-refractivity contribution in [3.63, 3.8) is 0 Å². The van der Waals surface area contributed by atoms with E-state index >= 15 is 0 Å². The van der Waals surface area contributed by atoms with E-state index in [0.717, 1.165) is 0 Å². The Morgan fingerprint density at radius 2 is 1.63 bits per heavy atom. The van der Waals surface area contributed by atoms with Gasteiger partial charge in [-0.1, -0.05) is 71.9 Å². The van der Waals surface area contributed by atoms with Crippen LogP contribution in [0.1, 0.15) is 81.1 Å². The molecular weight excluding hydrogens is 548 g/mol. The lowest BCUT2D eigenvalue weighted by molar-refractivity contribution is -0.142. The number of esters is 1. The summed E-state index contributed by atoms with van der Waals surface area (Å²) in [6.45, 7) is 12.4. The van der Waals surface area contributed by atoms with E-state index in [1.54, 1.807) is 12.1 Å². The topological polar surface area (TPSA) is 99.4 Å². The van der Waals surface area contributed by atoms with Crippen LogP contribution in [0.25, 0.3) is 0 Å². The number of aliphatic hydroxyl groups is 1. The maximum Gasteiger partial charge on any atom is 0.305 e. The zero-order valence-electron chi connectivity index (χ0n) is 23.3. The van der Waals surface area contributed by atoms with E-state index in [9.17, 15) is 19.8 Å². The van der Waals surface area contributed by atoms with Gasteiger partial charge in [-0.25, -0.2) is 0 Å². The first-order valence-electron chi connectivity index (χ1n) is 12.8. The summed E-state index contributed by atoms with van der Waals surface area (Å²) < 4.78 is 9.23. The zero-order valence-corrected chi connectivity index (χ0v) is 24.9. The second-order valence-corrected chi connectivity index (χ2v) is 12.4. The molecule has 1 fully saturated rings. The van der Waals surface area contributed by atoms with Crippen LogP contribution >= 0.6 is 16.1 Å². The second kappa shape index (κ2) is 11.6. The molecule has 38 heavy (non-hydrogen) atoms. The SMILES string of the molecule is COC(=O)C[C@@H]1CN(CC(=O)c2cc(C(C)(C)C)c(O)c(C(C)(C)C)c2)C(=NBr)[C@@H]1[C@@H](O)c1ccccc1. The number of rotatable bonds is 7. The Morgan fingerprint density at radius 3 is 2.11 bits per heavy atom. The van der Waals surface area contributed by atoms with Gasteiger partial charge in [0.05, 0.1) is 48.2 Å². The van der Waals surface area contributed by atoms with Crippen LogP contribution in [0.3, 0.4) is 0 Å². The molecule has 206 valence electrons. The molecule has 0 amide bonds. The average molecular weight is 588 g/mol.